The Labute approximate surface area is 201 Å². The summed E-state index contributed by atoms with van der Waals surface area (Å²) in [7, 11) is 1.57. The fraction of sp³-hybridized carbons (Fsp3) is 0.111. The second kappa shape index (κ2) is 9.82. The molecule has 0 atom stereocenters. The van der Waals surface area contributed by atoms with E-state index in [0.717, 1.165) is 39.2 Å². The van der Waals surface area contributed by atoms with Crippen molar-refractivity contribution in [1.82, 2.24) is 9.97 Å². The van der Waals surface area contributed by atoms with Gasteiger partial charge in [0.2, 0.25) is 0 Å². The van der Waals surface area contributed by atoms with Crippen LogP contribution in [0.1, 0.15) is 11.3 Å². The predicted octanol–water partition coefficient (Wildman–Crippen LogP) is 5.82. The van der Waals surface area contributed by atoms with Crippen molar-refractivity contribution in [2.75, 3.05) is 12.4 Å². The normalized spacial score (nSPS) is 10.9. The van der Waals surface area contributed by atoms with Gasteiger partial charge in [0, 0.05) is 22.7 Å². The van der Waals surface area contributed by atoms with Gasteiger partial charge in [-0.1, -0.05) is 12.1 Å². The summed E-state index contributed by atoms with van der Waals surface area (Å²) in [6, 6.07) is 21.4. The molecule has 0 aliphatic rings. The fourth-order valence-corrected chi connectivity index (χ4v) is 3.74. The molecule has 0 aliphatic carbocycles. The van der Waals surface area contributed by atoms with E-state index in [-0.39, 0.29) is 12.4 Å². The number of hydrogen-bond acceptors (Lipinski definition) is 7. The first-order chi connectivity index (χ1) is 17.1. The van der Waals surface area contributed by atoms with Gasteiger partial charge in [0.25, 0.3) is 0 Å². The second-order valence-electron chi connectivity index (χ2n) is 7.83. The number of nitrogens with one attached hydrogen (secondary N) is 1. The van der Waals surface area contributed by atoms with Gasteiger partial charge < -0.3 is 24.9 Å². The van der Waals surface area contributed by atoms with Crippen molar-refractivity contribution < 1.29 is 18.3 Å². The Bertz CT molecular complexity index is 1480. The number of fused-ring (bicyclic) bond motifs is 1. The number of halogens is 1. The quantitative estimate of drug-likeness (QED) is 0.295. The maximum Gasteiger partial charge on any atom is 0.162 e. The Morgan fingerprint density at radius 1 is 0.971 bits per heavy atom. The van der Waals surface area contributed by atoms with Gasteiger partial charge in [0.05, 0.1) is 19.2 Å². The third kappa shape index (κ3) is 4.92. The van der Waals surface area contributed by atoms with Crippen molar-refractivity contribution in [3.63, 3.8) is 0 Å². The van der Waals surface area contributed by atoms with Crippen molar-refractivity contribution in [3.8, 4) is 22.8 Å². The van der Waals surface area contributed by atoms with Crippen LogP contribution in [0.2, 0.25) is 0 Å². The summed E-state index contributed by atoms with van der Waals surface area (Å²) < 4.78 is 30.6. The van der Waals surface area contributed by atoms with Crippen molar-refractivity contribution in [1.29, 1.82) is 0 Å². The van der Waals surface area contributed by atoms with E-state index in [1.807, 2.05) is 42.5 Å². The van der Waals surface area contributed by atoms with Crippen LogP contribution in [0.4, 0.5) is 15.9 Å². The molecule has 176 valence electrons. The van der Waals surface area contributed by atoms with Crippen LogP contribution in [-0.4, -0.2) is 17.1 Å². The van der Waals surface area contributed by atoms with E-state index in [2.05, 4.69) is 15.3 Å². The molecule has 2 heterocycles. The molecule has 3 N–H and O–H groups in total. The van der Waals surface area contributed by atoms with E-state index in [1.54, 1.807) is 25.3 Å². The molecule has 3 aromatic carbocycles. The van der Waals surface area contributed by atoms with Gasteiger partial charge >= 0.3 is 0 Å². The van der Waals surface area contributed by atoms with Crippen LogP contribution in [0.5, 0.6) is 11.5 Å². The van der Waals surface area contributed by atoms with Gasteiger partial charge in [-0.15, -0.1) is 0 Å². The van der Waals surface area contributed by atoms with Crippen LogP contribution in [-0.2, 0) is 13.2 Å². The molecule has 5 rings (SSSR count). The number of ether oxygens (including phenoxy) is 2. The standard InChI is InChI=1S/C27H23FN4O3/c1-33-26-13-20(6-9-25(26)34-15-17-3-2-4-19(28)11-17)32-27-22-12-18(5-8-23(22)30-16-31-27)24-10-7-21(14-29)35-24/h2-13,16H,14-15,29H2,1H3,(H,30,31,32). The zero-order valence-corrected chi connectivity index (χ0v) is 19.0. The lowest BCUT2D eigenvalue weighted by Gasteiger charge is -2.14. The van der Waals surface area contributed by atoms with Gasteiger partial charge in [-0.2, -0.15) is 0 Å². The highest BCUT2D eigenvalue weighted by atomic mass is 19.1. The molecular formula is C27H23FN4O3. The summed E-state index contributed by atoms with van der Waals surface area (Å²) >= 11 is 0. The van der Waals surface area contributed by atoms with Crippen LogP contribution >= 0.6 is 0 Å². The first-order valence-corrected chi connectivity index (χ1v) is 11.0. The molecule has 0 bridgehead atoms. The molecule has 0 fully saturated rings. The number of anilines is 2. The number of nitrogens with zero attached hydrogens (tertiary/aromatic N) is 2. The molecule has 0 aliphatic heterocycles. The van der Waals surface area contributed by atoms with Crippen molar-refractivity contribution in [3.05, 3.63) is 96.3 Å². The summed E-state index contributed by atoms with van der Waals surface area (Å²) in [5, 5.41) is 4.17. The highest BCUT2D eigenvalue weighted by molar-refractivity contribution is 5.93. The first-order valence-electron chi connectivity index (χ1n) is 11.0. The lowest BCUT2D eigenvalue weighted by atomic mass is 10.1. The Balaban J connectivity index is 1.40. The zero-order chi connectivity index (χ0) is 24.2. The predicted molar refractivity (Wildman–Crippen MR) is 132 cm³/mol. The van der Waals surface area contributed by atoms with E-state index in [0.29, 0.717) is 23.9 Å². The summed E-state index contributed by atoms with van der Waals surface area (Å²) in [5.41, 5.74) is 8.85. The summed E-state index contributed by atoms with van der Waals surface area (Å²) in [6.45, 7) is 0.562. The molecule has 0 saturated carbocycles. The zero-order valence-electron chi connectivity index (χ0n) is 19.0. The molecular weight excluding hydrogens is 447 g/mol. The fourth-order valence-electron chi connectivity index (χ4n) is 3.74. The van der Waals surface area contributed by atoms with E-state index in [9.17, 15) is 4.39 Å². The Morgan fingerprint density at radius 2 is 1.89 bits per heavy atom. The second-order valence-corrected chi connectivity index (χ2v) is 7.83. The minimum absolute atomic E-state index is 0.221. The minimum Gasteiger partial charge on any atom is -0.493 e. The summed E-state index contributed by atoms with van der Waals surface area (Å²) in [5.74, 6) is 2.86. The molecule has 35 heavy (non-hydrogen) atoms. The van der Waals surface area contributed by atoms with Crippen molar-refractivity contribution in [2.45, 2.75) is 13.2 Å². The van der Waals surface area contributed by atoms with Gasteiger partial charge in [-0.3, -0.25) is 0 Å². The maximum atomic E-state index is 13.4. The number of benzene rings is 3. The van der Waals surface area contributed by atoms with E-state index < -0.39 is 0 Å². The SMILES string of the molecule is COc1cc(Nc2ncnc3ccc(-c4ccc(CN)o4)cc23)ccc1OCc1cccc(F)c1. The molecule has 0 saturated heterocycles. The Hall–Kier alpha value is -4.43. The number of methoxy groups -OCH3 is 1. The number of hydrogen-bond donors (Lipinski definition) is 2. The topological polar surface area (TPSA) is 95.4 Å². The number of nitrogens with two attached hydrogens (primary N) is 1. The van der Waals surface area contributed by atoms with E-state index >= 15 is 0 Å². The van der Waals surface area contributed by atoms with Gasteiger partial charge in [0.1, 0.15) is 36.1 Å². The molecule has 0 amide bonds. The van der Waals surface area contributed by atoms with Crippen LogP contribution in [0.25, 0.3) is 22.2 Å². The minimum atomic E-state index is -0.301. The monoisotopic (exact) mass is 470 g/mol. The number of aromatic nitrogens is 2. The highest BCUT2D eigenvalue weighted by Gasteiger charge is 2.11. The van der Waals surface area contributed by atoms with Crippen LogP contribution in [0.3, 0.4) is 0 Å². The molecule has 0 spiro atoms. The van der Waals surface area contributed by atoms with Gasteiger partial charge in [-0.05, 0) is 60.2 Å². The van der Waals surface area contributed by atoms with E-state index in [1.165, 1.54) is 18.5 Å². The Morgan fingerprint density at radius 3 is 2.69 bits per heavy atom. The molecule has 0 radical (unpaired) electrons. The summed E-state index contributed by atoms with van der Waals surface area (Å²) in [4.78, 5) is 8.81. The third-order valence-electron chi connectivity index (χ3n) is 5.49. The van der Waals surface area contributed by atoms with Gasteiger partial charge in [0.15, 0.2) is 11.5 Å². The van der Waals surface area contributed by atoms with Crippen molar-refractivity contribution >= 4 is 22.4 Å². The van der Waals surface area contributed by atoms with Crippen LogP contribution < -0.4 is 20.5 Å². The lowest BCUT2D eigenvalue weighted by Crippen LogP contribution is -2.00. The number of rotatable bonds is 8. The summed E-state index contributed by atoms with van der Waals surface area (Å²) in [6.07, 6.45) is 1.51. The third-order valence-corrected chi connectivity index (χ3v) is 5.49. The van der Waals surface area contributed by atoms with Crippen LogP contribution in [0, 0.1) is 5.82 Å². The first kappa shape index (κ1) is 22.4. The molecule has 0 unspecified atom stereocenters. The molecule has 8 heteroatoms. The van der Waals surface area contributed by atoms with Crippen molar-refractivity contribution in [2.24, 2.45) is 5.73 Å². The maximum absolute atomic E-state index is 13.4. The van der Waals surface area contributed by atoms with Gasteiger partial charge in [-0.25, -0.2) is 14.4 Å². The average Bonchev–Trinajstić information content (AvgIpc) is 3.37. The molecule has 2 aromatic heterocycles. The number of furan rings is 1. The van der Waals surface area contributed by atoms with Crippen LogP contribution in [0.15, 0.2) is 83.5 Å². The smallest absolute Gasteiger partial charge is 0.162 e. The Kier molecular flexibility index (Phi) is 6.28. The lowest BCUT2D eigenvalue weighted by molar-refractivity contribution is 0.284. The highest BCUT2D eigenvalue weighted by Crippen LogP contribution is 2.34. The molecule has 5 aromatic rings. The average molecular weight is 471 g/mol. The van der Waals surface area contributed by atoms with E-state index in [4.69, 9.17) is 19.6 Å². The molecule has 7 nitrogen and oxygen atoms in total. The largest absolute Gasteiger partial charge is 0.493 e.